The van der Waals surface area contributed by atoms with Crippen molar-refractivity contribution >= 4 is 27.0 Å². The molecule has 4 nitrogen and oxygen atoms in total. The molecule has 0 bridgehead atoms. The molecule has 0 aliphatic carbocycles. The lowest BCUT2D eigenvalue weighted by molar-refractivity contribution is 0.600. The van der Waals surface area contributed by atoms with Gasteiger partial charge < -0.3 is 5.73 Å². The van der Waals surface area contributed by atoms with E-state index >= 15 is 0 Å². The average molecular weight is 314 g/mol. The van der Waals surface area contributed by atoms with Crippen molar-refractivity contribution in [3.63, 3.8) is 0 Å². The molecule has 0 atom stereocenters. The smallest absolute Gasteiger partial charge is 0.271 e. The molecule has 0 aliphatic heterocycles. The molecule has 1 heterocycles. The largest absolute Gasteiger partial charge is 0.330 e. The number of halogens is 1. The number of thiophene rings is 1. The number of hydrogen-bond donors (Lipinski definition) is 2. The highest BCUT2D eigenvalue weighted by atomic mass is 32.2. The van der Waals surface area contributed by atoms with Crippen molar-refractivity contribution in [2.45, 2.75) is 17.6 Å². The van der Waals surface area contributed by atoms with Gasteiger partial charge in [-0.25, -0.2) is 12.8 Å². The summed E-state index contributed by atoms with van der Waals surface area (Å²) in [5.41, 5.74) is 6.17. The van der Waals surface area contributed by atoms with Gasteiger partial charge in [0, 0.05) is 4.88 Å². The van der Waals surface area contributed by atoms with E-state index in [1.54, 1.807) is 19.1 Å². The van der Waals surface area contributed by atoms with Gasteiger partial charge in [0.2, 0.25) is 0 Å². The second-order valence-electron chi connectivity index (χ2n) is 4.35. The molecule has 0 fully saturated rings. The van der Waals surface area contributed by atoms with Crippen molar-refractivity contribution in [1.29, 1.82) is 0 Å². The molecule has 0 spiro atoms. The minimum absolute atomic E-state index is 0.0428. The summed E-state index contributed by atoms with van der Waals surface area (Å²) in [6.45, 7) is 2.22. The summed E-state index contributed by atoms with van der Waals surface area (Å²) in [5.74, 6) is -0.599. The van der Waals surface area contributed by atoms with Crippen molar-refractivity contribution in [2.24, 2.45) is 5.73 Å². The summed E-state index contributed by atoms with van der Waals surface area (Å²) in [6.07, 6.45) is 0.624. The number of nitrogens with one attached hydrogen (secondary N) is 1. The third-order valence-corrected chi connectivity index (χ3v) is 5.66. The Kier molecular flexibility index (Phi) is 4.42. The first-order chi connectivity index (χ1) is 9.42. The summed E-state index contributed by atoms with van der Waals surface area (Å²) in [7, 11) is -3.76. The van der Waals surface area contributed by atoms with E-state index in [-0.39, 0.29) is 9.90 Å². The molecule has 20 heavy (non-hydrogen) atoms. The standard InChI is InChI=1S/C13H15FN2O2S2/c1-9-2-4-11(14)12(8-9)16-20(17,18)13-5-3-10(19-13)6-7-15/h2-5,8,16H,6-7,15H2,1H3. The number of benzene rings is 1. The van der Waals surface area contributed by atoms with Gasteiger partial charge >= 0.3 is 0 Å². The molecular weight excluding hydrogens is 299 g/mol. The lowest BCUT2D eigenvalue weighted by atomic mass is 10.2. The van der Waals surface area contributed by atoms with E-state index in [1.165, 1.54) is 18.2 Å². The fraction of sp³-hybridized carbons (Fsp3) is 0.231. The Morgan fingerprint density at radius 3 is 2.75 bits per heavy atom. The van der Waals surface area contributed by atoms with Crippen LogP contribution in [0.5, 0.6) is 0 Å². The first kappa shape index (κ1) is 15.0. The van der Waals surface area contributed by atoms with Gasteiger partial charge in [0.05, 0.1) is 5.69 Å². The van der Waals surface area contributed by atoms with Crippen molar-refractivity contribution in [3.8, 4) is 0 Å². The van der Waals surface area contributed by atoms with Crippen LogP contribution in [0.4, 0.5) is 10.1 Å². The van der Waals surface area contributed by atoms with E-state index in [0.29, 0.717) is 13.0 Å². The molecule has 0 amide bonds. The van der Waals surface area contributed by atoms with Crippen molar-refractivity contribution in [3.05, 3.63) is 46.6 Å². The monoisotopic (exact) mass is 314 g/mol. The average Bonchev–Trinajstić information content (AvgIpc) is 2.83. The Hall–Kier alpha value is -1.44. The highest BCUT2D eigenvalue weighted by Crippen LogP contribution is 2.25. The van der Waals surface area contributed by atoms with Crippen LogP contribution in [0, 0.1) is 12.7 Å². The first-order valence-electron chi connectivity index (χ1n) is 6.00. The van der Waals surface area contributed by atoms with E-state index < -0.39 is 15.8 Å². The lowest BCUT2D eigenvalue weighted by Crippen LogP contribution is -2.12. The molecule has 0 radical (unpaired) electrons. The van der Waals surface area contributed by atoms with Gasteiger partial charge in [0.25, 0.3) is 10.0 Å². The van der Waals surface area contributed by atoms with Gasteiger partial charge in [-0.2, -0.15) is 0 Å². The predicted octanol–water partition coefficient (Wildman–Crippen LogP) is 2.50. The van der Waals surface area contributed by atoms with Crippen LogP contribution in [0.1, 0.15) is 10.4 Å². The summed E-state index contributed by atoms with van der Waals surface area (Å²) in [4.78, 5) is 0.887. The predicted molar refractivity (Wildman–Crippen MR) is 79.0 cm³/mol. The third kappa shape index (κ3) is 3.36. The molecule has 0 aliphatic rings. The van der Waals surface area contributed by atoms with E-state index in [1.807, 2.05) is 0 Å². The number of sulfonamides is 1. The Morgan fingerprint density at radius 2 is 2.05 bits per heavy atom. The second-order valence-corrected chi connectivity index (χ2v) is 7.43. The maximum absolute atomic E-state index is 13.6. The highest BCUT2D eigenvalue weighted by Gasteiger charge is 2.18. The Balaban J connectivity index is 2.28. The topological polar surface area (TPSA) is 72.2 Å². The summed E-state index contributed by atoms with van der Waals surface area (Å²) < 4.78 is 40.4. The minimum Gasteiger partial charge on any atom is -0.330 e. The van der Waals surface area contributed by atoms with Crippen molar-refractivity contribution < 1.29 is 12.8 Å². The molecule has 7 heteroatoms. The van der Waals surface area contributed by atoms with Gasteiger partial charge in [0.1, 0.15) is 10.0 Å². The zero-order valence-corrected chi connectivity index (χ0v) is 12.5. The zero-order valence-electron chi connectivity index (χ0n) is 10.9. The van der Waals surface area contributed by atoms with Crippen molar-refractivity contribution in [2.75, 3.05) is 11.3 Å². The maximum Gasteiger partial charge on any atom is 0.271 e. The van der Waals surface area contributed by atoms with Crippen LogP contribution in [-0.2, 0) is 16.4 Å². The van der Waals surface area contributed by atoms with Gasteiger partial charge in [-0.05, 0) is 49.7 Å². The summed E-state index contributed by atoms with van der Waals surface area (Å²) >= 11 is 1.14. The molecule has 2 aromatic rings. The number of anilines is 1. The second kappa shape index (κ2) is 5.90. The van der Waals surface area contributed by atoms with Crippen LogP contribution >= 0.6 is 11.3 Å². The zero-order chi connectivity index (χ0) is 14.8. The van der Waals surface area contributed by atoms with E-state index in [4.69, 9.17) is 5.73 Å². The molecule has 0 saturated heterocycles. The molecule has 0 saturated carbocycles. The van der Waals surface area contributed by atoms with Crippen LogP contribution in [0.3, 0.4) is 0 Å². The molecule has 1 aromatic heterocycles. The summed E-state index contributed by atoms with van der Waals surface area (Å²) in [5, 5.41) is 0. The van der Waals surface area contributed by atoms with Crippen LogP contribution in [0.2, 0.25) is 0 Å². The van der Waals surface area contributed by atoms with Gasteiger partial charge in [-0.3, -0.25) is 4.72 Å². The van der Waals surface area contributed by atoms with E-state index in [0.717, 1.165) is 21.8 Å². The Bertz CT molecular complexity index is 711. The maximum atomic E-state index is 13.6. The SMILES string of the molecule is Cc1ccc(F)c(NS(=O)(=O)c2ccc(CCN)s2)c1. The van der Waals surface area contributed by atoms with Gasteiger partial charge in [-0.15, -0.1) is 11.3 Å². The van der Waals surface area contributed by atoms with Gasteiger partial charge in [-0.1, -0.05) is 6.07 Å². The highest BCUT2D eigenvalue weighted by molar-refractivity contribution is 7.94. The van der Waals surface area contributed by atoms with Gasteiger partial charge in [0.15, 0.2) is 0 Å². The molecule has 3 N–H and O–H groups in total. The molecular formula is C13H15FN2O2S2. The Morgan fingerprint density at radius 1 is 1.30 bits per heavy atom. The number of nitrogens with two attached hydrogens (primary N) is 1. The molecule has 1 aromatic carbocycles. The number of rotatable bonds is 5. The fourth-order valence-corrected chi connectivity index (χ4v) is 4.12. The van der Waals surface area contributed by atoms with E-state index in [9.17, 15) is 12.8 Å². The molecule has 2 rings (SSSR count). The number of hydrogen-bond acceptors (Lipinski definition) is 4. The van der Waals surface area contributed by atoms with Crippen LogP contribution in [0.25, 0.3) is 0 Å². The minimum atomic E-state index is -3.76. The normalized spacial score (nSPS) is 11.6. The van der Waals surface area contributed by atoms with E-state index in [2.05, 4.69) is 4.72 Å². The fourth-order valence-electron chi connectivity index (χ4n) is 1.69. The molecule has 108 valence electrons. The van der Waals surface area contributed by atoms with Crippen LogP contribution in [0.15, 0.2) is 34.5 Å². The van der Waals surface area contributed by atoms with Crippen LogP contribution in [-0.4, -0.2) is 15.0 Å². The molecule has 0 unspecified atom stereocenters. The quantitative estimate of drug-likeness (QED) is 0.890. The van der Waals surface area contributed by atoms with Crippen LogP contribution < -0.4 is 10.5 Å². The summed E-state index contributed by atoms with van der Waals surface area (Å²) in [6, 6.07) is 7.50. The Labute approximate surface area is 121 Å². The third-order valence-electron chi connectivity index (χ3n) is 2.66. The number of aryl methyl sites for hydroxylation is 1. The first-order valence-corrected chi connectivity index (χ1v) is 8.30. The lowest BCUT2D eigenvalue weighted by Gasteiger charge is -2.08. The van der Waals surface area contributed by atoms with Crippen molar-refractivity contribution in [1.82, 2.24) is 0 Å².